The molecule has 1 heterocycles. The van der Waals surface area contributed by atoms with Crippen molar-refractivity contribution in [1.82, 2.24) is 4.98 Å². The summed E-state index contributed by atoms with van der Waals surface area (Å²) < 4.78 is 0. The van der Waals surface area contributed by atoms with Gasteiger partial charge in [-0.3, -0.25) is 4.79 Å². The van der Waals surface area contributed by atoms with Crippen LogP contribution in [0.4, 0.5) is 0 Å². The van der Waals surface area contributed by atoms with Gasteiger partial charge in [0, 0.05) is 11.8 Å². The van der Waals surface area contributed by atoms with Gasteiger partial charge in [-0.1, -0.05) is 0 Å². The molecule has 0 aliphatic carbocycles. The number of hydrogen-bond donors (Lipinski definition) is 1. The van der Waals surface area contributed by atoms with E-state index in [4.69, 9.17) is 0 Å². The normalized spacial score (nSPS) is 8.60. The van der Waals surface area contributed by atoms with Crippen molar-refractivity contribution in [2.24, 2.45) is 0 Å². The molecule has 0 bridgehead atoms. The third-order valence-electron chi connectivity index (χ3n) is 1.23. The van der Waals surface area contributed by atoms with Crippen molar-refractivity contribution in [3.8, 4) is 0 Å². The number of nitrogens with one attached hydrogen (secondary N) is 1. The summed E-state index contributed by atoms with van der Waals surface area (Å²) in [6.45, 7) is 3.74. The van der Waals surface area contributed by atoms with E-state index < -0.39 is 0 Å². The minimum Gasteiger partial charge on any atom is -0.329 e. The number of pyridine rings is 1. The minimum atomic E-state index is 0. The van der Waals surface area contributed by atoms with Gasteiger partial charge in [0.2, 0.25) is 0 Å². The Labute approximate surface area is 65.7 Å². The van der Waals surface area contributed by atoms with Crippen molar-refractivity contribution in [1.29, 1.82) is 0 Å². The maximum atomic E-state index is 10.7. The van der Waals surface area contributed by atoms with Crippen LogP contribution in [0.15, 0.2) is 17.1 Å². The molecule has 2 nitrogen and oxygen atoms in total. The summed E-state index contributed by atoms with van der Waals surface area (Å²) in [4.78, 5) is 13.3. The van der Waals surface area contributed by atoms with Crippen LogP contribution in [0.1, 0.15) is 11.1 Å². The molecule has 0 aliphatic rings. The Bertz CT molecular complexity index is 267. The van der Waals surface area contributed by atoms with Crippen LogP contribution in [-0.2, 0) is 0 Å². The van der Waals surface area contributed by atoms with Crippen molar-refractivity contribution >= 4 is 12.4 Å². The van der Waals surface area contributed by atoms with Gasteiger partial charge in [0.05, 0.1) is 0 Å². The molecule has 1 N–H and O–H groups in total. The monoisotopic (exact) mass is 159 g/mol. The van der Waals surface area contributed by atoms with Crippen molar-refractivity contribution in [2.45, 2.75) is 13.8 Å². The lowest BCUT2D eigenvalue weighted by Gasteiger charge is -1.91. The second-order valence-electron chi connectivity index (χ2n) is 2.19. The van der Waals surface area contributed by atoms with E-state index in [2.05, 4.69) is 4.98 Å². The van der Waals surface area contributed by atoms with Crippen molar-refractivity contribution in [3.63, 3.8) is 0 Å². The second-order valence-corrected chi connectivity index (χ2v) is 2.19. The van der Waals surface area contributed by atoms with E-state index in [-0.39, 0.29) is 18.0 Å². The second kappa shape index (κ2) is 3.42. The van der Waals surface area contributed by atoms with Crippen LogP contribution in [-0.4, -0.2) is 4.98 Å². The van der Waals surface area contributed by atoms with E-state index in [0.717, 1.165) is 11.1 Å². The minimum absolute atomic E-state index is 0. The zero-order valence-electron chi connectivity index (χ0n) is 5.97. The highest BCUT2D eigenvalue weighted by atomic mass is 35.5. The molecule has 0 spiro atoms. The summed E-state index contributed by atoms with van der Waals surface area (Å²) in [5.74, 6) is 0. The predicted molar refractivity (Wildman–Crippen MR) is 43.8 cm³/mol. The van der Waals surface area contributed by atoms with Crippen molar-refractivity contribution < 1.29 is 0 Å². The number of halogens is 1. The zero-order chi connectivity index (χ0) is 6.85. The molecule has 1 rings (SSSR count). The van der Waals surface area contributed by atoms with Crippen LogP contribution in [0.3, 0.4) is 0 Å². The molecule has 0 unspecified atom stereocenters. The third kappa shape index (κ3) is 1.88. The number of H-pyrrole nitrogens is 1. The lowest BCUT2D eigenvalue weighted by atomic mass is 10.2. The first-order valence-electron chi connectivity index (χ1n) is 2.86. The Balaban J connectivity index is 0.000000810. The summed E-state index contributed by atoms with van der Waals surface area (Å²) in [6, 6.07) is 1.86. The van der Waals surface area contributed by atoms with E-state index in [1.54, 1.807) is 13.1 Å². The topological polar surface area (TPSA) is 32.9 Å². The number of hydrogen-bond acceptors (Lipinski definition) is 1. The highest BCUT2D eigenvalue weighted by Gasteiger charge is 1.89. The van der Waals surface area contributed by atoms with Gasteiger partial charge in [-0.15, -0.1) is 12.4 Å². The molecule has 3 heteroatoms. The van der Waals surface area contributed by atoms with Crippen LogP contribution < -0.4 is 5.56 Å². The average molecular weight is 160 g/mol. The van der Waals surface area contributed by atoms with Crippen LogP contribution in [0, 0.1) is 13.8 Å². The summed E-state index contributed by atoms with van der Waals surface area (Å²) >= 11 is 0. The standard InChI is InChI=1S/C7H9NO.ClH/c1-5-3-6(2)7(9)8-4-5;/h3-4H,1-2H3,(H,8,9);1H. The quantitative estimate of drug-likeness (QED) is 0.610. The van der Waals surface area contributed by atoms with E-state index in [0.29, 0.717) is 0 Å². The van der Waals surface area contributed by atoms with Crippen LogP contribution in [0.2, 0.25) is 0 Å². The van der Waals surface area contributed by atoms with Crippen LogP contribution in [0.5, 0.6) is 0 Å². The Hall–Kier alpha value is -0.760. The van der Waals surface area contributed by atoms with Crippen molar-refractivity contribution in [2.75, 3.05) is 0 Å². The van der Waals surface area contributed by atoms with Crippen molar-refractivity contribution in [3.05, 3.63) is 33.7 Å². The number of aryl methyl sites for hydroxylation is 2. The first-order chi connectivity index (χ1) is 4.20. The first kappa shape index (κ1) is 9.24. The molecule has 10 heavy (non-hydrogen) atoms. The molecule has 0 fully saturated rings. The molecule has 0 amide bonds. The molecular weight excluding hydrogens is 150 g/mol. The Morgan fingerprint density at radius 1 is 1.40 bits per heavy atom. The van der Waals surface area contributed by atoms with Crippen LogP contribution >= 0.6 is 12.4 Å². The molecule has 1 aromatic heterocycles. The molecule has 0 saturated carbocycles. The molecule has 56 valence electrons. The van der Waals surface area contributed by atoms with Gasteiger partial charge in [0.25, 0.3) is 5.56 Å². The number of aromatic amines is 1. The van der Waals surface area contributed by atoms with Gasteiger partial charge in [-0.05, 0) is 25.5 Å². The van der Waals surface area contributed by atoms with Gasteiger partial charge in [-0.25, -0.2) is 0 Å². The Morgan fingerprint density at radius 3 is 2.40 bits per heavy atom. The van der Waals surface area contributed by atoms with Gasteiger partial charge in [0.1, 0.15) is 0 Å². The summed E-state index contributed by atoms with van der Waals surface area (Å²) in [7, 11) is 0. The van der Waals surface area contributed by atoms with Gasteiger partial charge in [0.15, 0.2) is 0 Å². The fourth-order valence-corrected chi connectivity index (χ4v) is 0.742. The highest BCUT2D eigenvalue weighted by Crippen LogP contribution is 1.92. The Morgan fingerprint density at radius 2 is 2.00 bits per heavy atom. The maximum Gasteiger partial charge on any atom is 0.250 e. The molecular formula is C7H10ClNO. The maximum absolute atomic E-state index is 10.7. The van der Waals surface area contributed by atoms with Gasteiger partial charge in [-0.2, -0.15) is 0 Å². The fraction of sp³-hybridized carbons (Fsp3) is 0.286. The molecule has 1 aromatic rings. The lowest BCUT2D eigenvalue weighted by molar-refractivity contribution is 1.15. The lowest BCUT2D eigenvalue weighted by Crippen LogP contribution is -2.07. The number of rotatable bonds is 0. The van der Waals surface area contributed by atoms with E-state index in [9.17, 15) is 4.79 Å². The molecule has 0 aliphatic heterocycles. The average Bonchev–Trinajstić information content (AvgIpc) is 1.80. The largest absolute Gasteiger partial charge is 0.329 e. The zero-order valence-corrected chi connectivity index (χ0v) is 6.79. The summed E-state index contributed by atoms with van der Waals surface area (Å²) in [5, 5.41) is 0. The van der Waals surface area contributed by atoms with E-state index in [1.807, 2.05) is 13.0 Å². The summed E-state index contributed by atoms with van der Waals surface area (Å²) in [5.41, 5.74) is 1.86. The molecule has 0 radical (unpaired) electrons. The highest BCUT2D eigenvalue weighted by molar-refractivity contribution is 5.85. The number of aromatic nitrogens is 1. The molecule has 0 atom stereocenters. The fourth-order valence-electron chi connectivity index (χ4n) is 0.742. The summed E-state index contributed by atoms with van der Waals surface area (Å²) in [6.07, 6.45) is 1.70. The molecule has 0 saturated heterocycles. The Kier molecular flexibility index (Phi) is 3.16. The van der Waals surface area contributed by atoms with Crippen LogP contribution in [0.25, 0.3) is 0 Å². The van der Waals surface area contributed by atoms with Gasteiger partial charge >= 0.3 is 0 Å². The smallest absolute Gasteiger partial charge is 0.250 e. The third-order valence-corrected chi connectivity index (χ3v) is 1.23. The van der Waals surface area contributed by atoms with E-state index in [1.165, 1.54) is 0 Å². The first-order valence-corrected chi connectivity index (χ1v) is 2.86. The van der Waals surface area contributed by atoms with E-state index >= 15 is 0 Å². The van der Waals surface area contributed by atoms with Gasteiger partial charge < -0.3 is 4.98 Å². The molecule has 0 aromatic carbocycles. The SMILES string of the molecule is Cc1c[nH]c(=O)c(C)c1.Cl. The predicted octanol–water partition coefficient (Wildman–Crippen LogP) is 1.41.